The molecule has 0 aromatic carbocycles. The van der Waals surface area contributed by atoms with Gasteiger partial charge in [0.15, 0.2) is 0 Å². The Morgan fingerprint density at radius 3 is 2.72 bits per heavy atom. The van der Waals surface area contributed by atoms with Crippen molar-refractivity contribution in [3.63, 3.8) is 0 Å². The van der Waals surface area contributed by atoms with Crippen LogP contribution >= 0.6 is 11.6 Å². The number of rotatable bonds is 4. The maximum Gasteiger partial charge on any atom is 0.149 e. The highest BCUT2D eigenvalue weighted by Crippen LogP contribution is 2.15. The molecule has 0 fully saturated rings. The van der Waals surface area contributed by atoms with Crippen molar-refractivity contribution in [1.82, 2.24) is 15.0 Å². The van der Waals surface area contributed by atoms with Crippen molar-refractivity contribution in [2.24, 2.45) is 0 Å². The number of anilines is 1. The van der Waals surface area contributed by atoms with Crippen molar-refractivity contribution < 1.29 is 0 Å². The van der Waals surface area contributed by atoms with Gasteiger partial charge in [0, 0.05) is 12.2 Å². The summed E-state index contributed by atoms with van der Waals surface area (Å²) >= 11 is 5.86. The second-order valence-corrected chi connectivity index (χ2v) is 4.37. The van der Waals surface area contributed by atoms with Crippen LogP contribution in [0.3, 0.4) is 0 Å². The molecule has 0 spiro atoms. The van der Waals surface area contributed by atoms with E-state index in [0.29, 0.717) is 11.7 Å². The second-order valence-electron chi connectivity index (χ2n) is 3.98. The fraction of sp³-hybridized carbons (Fsp3) is 0.308. The van der Waals surface area contributed by atoms with E-state index in [0.717, 1.165) is 23.8 Å². The number of nitrogens with zero attached hydrogens (tertiary/aromatic N) is 4. The van der Waals surface area contributed by atoms with Gasteiger partial charge >= 0.3 is 0 Å². The van der Waals surface area contributed by atoms with Gasteiger partial charge in [-0.1, -0.05) is 17.7 Å². The fourth-order valence-corrected chi connectivity index (χ4v) is 1.87. The molecule has 2 aromatic heterocycles. The van der Waals surface area contributed by atoms with Gasteiger partial charge in [-0.2, -0.15) is 0 Å². The molecule has 4 nitrogen and oxygen atoms in total. The highest BCUT2D eigenvalue weighted by atomic mass is 35.5. The van der Waals surface area contributed by atoms with Crippen molar-refractivity contribution in [2.75, 3.05) is 11.4 Å². The Morgan fingerprint density at radius 1 is 1.22 bits per heavy atom. The summed E-state index contributed by atoms with van der Waals surface area (Å²) in [5, 5.41) is 0.406. The lowest BCUT2D eigenvalue weighted by atomic mass is 10.3. The van der Waals surface area contributed by atoms with Gasteiger partial charge in [-0.25, -0.2) is 4.98 Å². The molecule has 0 unspecified atom stereocenters. The molecule has 5 heteroatoms. The van der Waals surface area contributed by atoms with Crippen molar-refractivity contribution in [2.45, 2.75) is 20.4 Å². The topological polar surface area (TPSA) is 41.9 Å². The molecule has 0 saturated carbocycles. The van der Waals surface area contributed by atoms with Crippen LogP contribution in [0.5, 0.6) is 0 Å². The summed E-state index contributed by atoms with van der Waals surface area (Å²) in [6, 6.07) is 6.00. The Morgan fingerprint density at radius 2 is 2.06 bits per heavy atom. The standard InChI is InChI=1S/C13H15ClN4/c1-3-18(13-8-15-7-12(14)17-13)9-11-6-4-5-10(2)16-11/h4-8H,3,9H2,1-2H3. The third kappa shape index (κ3) is 3.17. The van der Waals surface area contributed by atoms with E-state index < -0.39 is 0 Å². The number of hydrogen-bond donors (Lipinski definition) is 0. The highest BCUT2D eigenvalue weighted by Gasteiger charge is 2.08. The van der Waals surface area contributed by atoms with Crippen LogP contribution in [-0.2, 0) is 6.54 Å². The van der Waals surface area contributed by atoms with Crippen molar-refractivity contribution in [3.8, 4) is 0 Å². The predicted octanol–water partition coefficient (Wildman–Crippen LogP) is 2.86. The highest BCUT2D eigenvalue weighted by molar-refractivity contribution is 6.29. The lowest BCUT2D eigenvalue weighted by molar-refractivity contribution is 0.787. The number of hydrogen-bond acceptors (Lipinski definition) is 4. The summed E-state index contributed by atoms with van der Waals surface area (Å²) in [5.74, 6) is 0.772. The smallest absolute Gasteiger partial charge is 0.149 e. The first-order valence-electron chi connectivity index (χ1n) is 5.84. The first-order chi connectivity index (χ1) is 8.69. The van der Waals surface area contributed by atoms with Crippen LogP contribution in [0, 0.1) is 6.92 Å². The molecule has 2 heterocycles. The van der Waals surface area contributed by atoms with Crippen LogP contribution in [0.15, 0.2) is 30.6 Å². The average Bonchev–Trinajstić information content (AvgIpc) is 2.36. The lowest BCUT2D eigenvalue weighted by Crippen LogP contribution is -2.23. The average molecular weight is 263 g/mol. The van der Waals surface area contributed by atoms with E-state index in [-0.39, 0.29) is 0 Å². The van der Waals surface area contributed by atoms with Crippen molar-refractivity contribution >= 4 is 17.4 Å². The van der Waals surface area contributed by atoms with E-state index in [2.05, 4.69) is 26.8 Å². The van der Waals surface area contributed by atoms with Gasteiger partial charge in [0.1, 0.15) is 11.0 Å². The summed E-state index contributed by atoms with van der Waals surface area (Å²) in [5.41, 5.74) is 2.03. The summed E-state index contributed by atoms with van der Waals surface area (Å²) in [7, 11) is 0. The molecule has 18 heavy (non-hydrogen) atoms. The molecular weight excluding hydrogens is 248 g/mol. The molecule has 0 amide bonds. The summed E-state index contributed by atoms with van der Waals surface area (Å²) in [4.78, 5) is 14.9. The minimum Gasteiger partial charge on any atom is -0.350 e. The quantitative estimate of drug-likeness (QED) is 0.850. The monoisotopic (exact) mass is 262 g/mol. The zero-order valence-electron chi connectivity index (χ0n) is 10.5. The fourth-order valence-electron chi connectivity index (χ4n) is 1.72. The molecule has 0 radical (unpaired) electrons. The van der Waals surface area contributed by atoms with E-state index in [1.54, 1.807) is 6.20 Å². The van der Waals surface area contributed by atoms with Gasteiger partial charge in [-0.15, -0.1) is 0 Å². The van der Waals surface area contributed by atoms with Crippen LogP contribution in [0.1, 0.15) is 18.3 Å². The van der Waals surface area contributed by atoms with Gasteiger partial charge < -0.3 is 4.90 Å². The van der Waals surface area contributed by atoms with Gasteiger partial charge in [0.2, 0.25) is 0 Å². The van der Waals surface area contributed by atoms with Crippen molar-refractivity contribution in [1.29, 1.82) is 0 Å². The van der Waals surface area contributed by atoms with Crippen LogP contribution < -0.4 is 4.90 Å². The third-order valence-electron chi connectivity index (χ3n) is 2.60. The third-order valence-corrected chi connectivity index (χ3v) is 2.78. The molecule has 94 valence electrons. The zero-order valence-corrected chi connectivity index (χ0v) is 11.2. The minimum atomic E-state index is 0.406. The Balaban J connectivity index is 2.19. The predicted molar refractivity (Wildman–Crippen MR) is 72.7 cm³/mol. The van der Waals surface area contributed by atoms with Crippen LogP contribution in [0.4, 0.5) is 5.82 Å². The van der Waals surface area contributed by atoms with Crippen molar-refractivity contribution in [3.05, 3.63) is 47.1 Å². The Kier molecular flexibility index (Phi) is 4.10. The van der Waals surface area contributed by atoms with Crippen LogP contribution in [0.2, 0.25) is 5.15 Å². The molecule has 0 aliphatic carbocycles. The number of pyridine rings is 1. The molecule has 2 aromatic rings. The maximum absolute atomic E-state index is 5.86. The first-order valence-corrected chi connectivity index (χ1v) is 6.22. The number of aryl methyl sites for hydroxylation is 1. The first kappa shape index (κ1) is 12.8. The van der Waals surface area contributed by atoms with Gasteiger partial charge in [-0.3, -0.25) is 9.97 Å². The normalized spacial score (nSPS) is 10.4. The summed E-state index contributed by atoms with van der Waals surface area (Å²) < 4.78 is 0. The van der Waals surface area contributed by atoms with E-state index in [1.165, 1.54) is 6.20 Å². The lowest BCUT2D eigenvalue weighted by Gasteiger charge is -2.21. The largest absolute Gasteiger partial charge is 0.350 e. The molecule has 0 atom stereocenters. The van der Waals surface area contributed by atoms with Gasteiger partial charge in [-0.05, 0) is 26.0 Å². The molecule has 0 N–H and O–H groups in total. The maximum atomic E-state index is 5.86. The Labute approximate surface area is 112 Å². The molecule has 2 rings (SSSR count). The molecule has 0 bridgehead atoms. The molecule has 0 aliphatic rings. The van der Waals surface area contributed by atoms with Crippen LogP contribution in [-0.4, -0.2) is 21.5 Å². The zero-order chi connectivity index (χ0) is 13.0. The van der Waals surface area contributed by atoms with E-state index in [4.69, 9.17) is 11.6 Å². The summed E-state index contributed by atoms with van der Waals surface area (Å²) in [6.07, 6.45) is 3.25. The molecular formula is C13H15ClN4. The summed E-state index contributed by atoms with van der Waals surface area (Å²) in [6.45, 7) is 5.58. The Hall–Kier alpha value is -1.68. The van der Waals surface area contributed by atoms with Gasteiger partial charge in [0.05, 0.1) is 24.6 Å². The number of halogens is 1. The van der Waals surface area contributed by atoms with Gasteiger partial charge in [0.25, 0.3) is 0 Å². The Bertz CT molecular complexity index is 530. The SMILES string of the molecule is CCN(Cc1cccc(C)n1)c1cncc(Cl)n1. The van der Waals surface area contributed by atoms with E-state index in [9.17, 15) is 0 Å². The number of aromatic nitrogens is 3. The second kappa shape index (κ2) is 5.78. The van der Waals surface area contributed by atoms with E-state index >= 15 is 0 Å². The minimum absolute atomic E-state index is 0.406. The molecule has 0 aliphatic heterocycles. The van der Waals surface area contributed by atoms with E-state index in [1.807, 2.05) is 25.1 Å². The van der Waals surface area contributed by atoms with Crippen LogP contribution in [0.25, 0.3) is 0 Å². The molecule has 0 saturated heterocycles.